The van der Waals surface area contributed by atoms with Crippen LogP contribution in [-0.4, -0.2) is 52.3 Å². The van der Waals surface area contributed by atoms with Crippen molar-refractivity contribution >= 4 is 5.91 Å². The van der Waals surface area contributed by atoms with Crippen molar-refractivity contribution in [3.05, 3.63) is 65.7 Å². The fourth-order valence-electron chi connectivity index (χ4n) is 3.73. The molecule has 1 aliphatic rings. The average Bonchev–Trinajstić information content (AvgIpc) is 2.71. The number of ether oxygens (including phenoxy) is 1. The molecule has 1 heterocycles. The number of carbonyl (C=O) groups excluding carboxylic acids is 1. The zero-order chi connectivity index (χ0) is 18.9. The molecule has 0 atom stereocenters. The first-order valence-corrected chi connectivity index (χ1v) is 9.84. The van der Waals surface area contributed by atoms with E-state index in [1.807, 2.05) is 24.3 Å². The summed E-state index contributed by atoms with van der Waals surface area (Å²) in [7, 11) is 1.68. The van der Waals surface area contributed by atoms with Crippen LogP contribution in [0.5, 0.6) is 5.75 Å². The highest BCUT2D eigenvalue weighted by molar-refractivity contribution is 5.76. The smallest absolute Gasteiger partial charge is 0.275 e. The summed E-state index contributed by atoms with van der Waals surface area (Å²) in [5.41, 5.74) is 2.52. The number of hydrogen-bond acceptors (Lipinski definition) is 2. The highest BCUT2D eigenvalue weighted by Crippen LogP contribution is 2.17. The van der Waals surface area contributed by atoms with E-state index in [4.69, 9.17) is 4.74 Å². The van der Waals surface area contributed by atoms with Gasteiger partial charge in [0.05, 0.1) is 7.11 Å². The summed E-state index contributed by atoms with van der Waals surface area (Å²) in [6.07, 6.45) is 0.792. The van der Waals surface area contributed by atoms with E-state index in [9.17, 15) is 4.79 Å². The number of nitrogens with one attached hydrogen (secondary N) is 3. The minimum atomic E-state index is 0.145. The van der Waals surface area contributed by atoms with Crippen LogP contribution in [0.25, 0.3) is 0 Å². The Hall–Kier alpha value is -2.37. The lowest BCUT2D eigenvalue weighted by atomic mass is 10.1. The summed E-state index contributed by atoms with van der Waals surface area (Å²) in [5, 5.41) is 3.06. The Morgan fingerprint density at radius 1 is 0.963 bits per heavy atom. The fraction of sp³-hybridized carbons (Fsp3) is 0.409. The number of quaternary nitrogens is 2. The number of benzene rings is 2. The standard InChI is InChI=1S/C22H29N3O2/c1-27-21-10-6-5-9-20(21)11-12-23-22(26)18-25-15-13-24(14-16-25)17-19-7-3-2-4-8-19/h2-10H,11-18H2,1H3,(H,23,26)/p+2. The van der Waals surface area contributed by atoms with Gasteiger partial charge < -0.3 is 19.9 Å². The minimum Gasteiger partial charge on any atom is -0.496 e. The van der Waals surface area contributed by atoms with Crippen LogP contribution in [0.1, 0.15) is 11.1 Å². The molecule has 3 N–H and O–H groups in total. The molecule has 0 aromatic heterocycles. The third-order valence-corrected chi connectivity index (χ3v) is 5.28. The van der Waals surface area contributed by atoms with Gasteiger partial charge in [-0.1, -0.05) is 48.5 Å². The minimum absolute atomic E-state index is 0.145. The zero-order valence-corrected chi connectivity index (χ0v) is 16.2. The first-order chi connectivity index (χ1) is 13.2. The second-order valence-electron chi connectivity index (χ2n) is 7.25. The largest absolute Gasteiger partial charge is 0.496 e. The third kappa shape index (κ3) is 6.08. The average molecular weight is 370 g/mol. The maximum Gasteiger partial charge on any atom is 0.275 e. The lowest BCUT2D eigenvalue weighted by Gasteiger charge is -2.29. The molecule has 1 fully saturated rings. The van der Waals surface area contributed by atoms with Crippen LogP contribution in [0.15, 0.2) is 54.6 Å². The van der Waals surface area contributed by atoms with Crippen LogP contribution in [0.2, 0.25) is 0 Å². The first-order valence-electron chi connectivity index (χ1n) is 9.84. The van der Waals surface area contributed by atoms with Gasteiger partial charge >= 0.3 is 0 Å². The molecular weight excluding hydrogens is 338 g/mol. The van der Waals surface area contributed by atoms with E-state index >= 15 is 0 Å². The Morgan fingerprint density at radius 3 is 2.37 bits per heavy atom. The number of carbonyl (C=O) groups is 1. The first kappa shape index (κ1) is 19.4. The van der Waals surface area contributed by atoms with Crippen molar-refractivity contribution < 1.29 is 19.3 Å². The summed E-state index contributed by atoms with van der Waals surface area (Å²) in [4.78, 5) is 15.3. The number of methoxy groups -OCH3 is 1. The molecule has 0 aliphatic carbocycles. The van der Waals surface area contributed by atoms with Crippen LogP contribution >= 0.6 is 0 Å². The van der Waals surface area contributed by atoms with Gasteiger partial charge in [-0.15, -0.1) is 0 Å². The highest BCUT2D eigenvalue weighted by Gasteiger charge is 2.24. The Kier molecular flexibility index (Phi) is 7.25. The summed E-state index contributed by atoms with van der Waals surface area (Å²) in [6, 6.07) is 18.6. The van der Waals surface area contributed by atoms with Crippen molar-refractivity contribution in [3.63, 3.8) is 0 Å². The van der Waals surface area contributed by atoms with Crippen molar-refractivity contribution in [1.29, 1.82) is 0 Å². The van der Waals surface area contributed by atoms with E-state index in [-0.39, 0.29) is 5.91 Å². The van der Waals surface area contributed by atoms with Gasteiger partial charge in [0.25, 0.3) is 5.91 Å². The van der Waals surface area contributed by atoms with Crippen molar-refractivity contribution in [1.82, 2.24) is 5.32 Å². The Morgan fingerprint density at radius 2 is 1.63 bits per heavy atom. The van der Waals surface area contributed by atoms with Crippen molar-refractivity contribution in [2.45, 2.75) is 13.0 Å². The predicted octanol–water partition coefficient (Wildman–Crippen LogP) is -0.662. The van der Waals surface area contributed by atoms with Gasteiger partial charge in [0, 0.05) is 12.1 Å². The van der Waals surface area contributed by atoms with Gasteiger partial charge in [-0.25, -0.2) is 0 Å². The summed E-state index contributed by atoms with van der Waals surface area (Å²) < 4.78 is 5.36. The van der Waals surface area contributed by atoms with Gasteiger partial charge in [0.15, 0.2) is 6.54 Å². The summed E-state index contributed by atoms with van der Waals surface area (Å²) >= 11 is 0. The van der Waals surface area contributed by atoms with Crippen LogP contribution in [-0.2, 0) is 17.8 Å². The molecule has 1 amide bonds. The van der Waals surface area contributed by atoms with Crippen molar-refractivity contribution in [2.24, 2.45) is 0 Å². The fourth-order valence-corrected chi connectivity index (χ4v) is 3.73. The lowest BCUT2D eigenvalue weighted by molar-refractivity contribution is -1.02. The van der Waals surface area contributed by atoms with Crippen LogP contribution < -0.4 is 19.9 Å². The monoisotopic (exact) mass is 369 g/mol. The van der Waals surface area contributed by atoms with Crippen molar-refractivity contribution in [2.75, 3.05) is 46.4 Å². The molecule has 2 aromatic rings. The molecule has 27 heavy (non-hydrogen) atoms. The SMILES string of the molecule is COc1ccccc1CCNC(=O)C[NH+]1CC[NH+](Cc2ccccc2)CC1. The summed E-state index contributed by atoms with van der Waals surface area (Å²) in [5.74, 6) is 1.03. The van der Waals surface area contributed by atoms with Crippen LogP contribution in [0.4, 0.5) is 0 Å². The Bertz CT molecular complexity index is 713. The van der Waals surface area contributed by atoms with E-state index in [1.54, 1.807) is 12.0 Å². The third-order valence-electron chi connectivity index (χ3n) is 5.28. The maximum atomic E-state index is 12.3. The molecule has 5 heteroatoms. The summed E-state index contributed by atoms with van der Waals surface area (Å²) in [6.45, 7) is 6.67. The predicted molar refractivity (Wildman–Crippen MR) is 106 cm³/mol. The lowest BCUT2D eigenvalue weighted by Crippen LogP contribution is -3.28. The van der Waals surface area contributed by atoms with E-state index in [0.717, 1.165) is 50.5 Å². The highest BCUT2D eigenvalue weighted by atomic mass is 16.5. The maximum absolute atomic E-state index is 12.3. The van der Waals surface area contributed by atoms with Gasteiger partial charge in [0.1, 0.15) is 38.5 Å². The molecule has 0 bridgehead atoms. The van der Waals surface area contributed by atoms with Gasteiger partial charge in [-0.2, -0.15) is 0 Å². The molecular formula is C22H31N3O2+2. The zero-order valence-electron chi connectivity index (χ0n) is 16.2. The number of para-hydroxylation sites is 1. The second-order valence-corrected chi connectivity index (χ2v) is 7.25. The molecule has 0 saturated carbocycles. The van der Waals surface area contributed by atoms with E-state index in [2.05, 4.69) is 35.6 Å². The molecule has 1 saturated heterocycles. The molecule has 5 nitrogen and oxygen atoms in total. The normalized spacial score (nSPS) is 19.4. The topological polar surface area (TPSA) is 47.2 Å². The number of piperazine rings is 1. The second kappa shape index (κ2) is 10.1. The number of rotatable bonds is 8. The van der Waals surface area contributed by atoms with E-state index in [1.165, 1.54) is 10.5 Å². The molecule has 0 unspecified atom stereocenters. The molecule has 0 spiro atoms. The Labute approximate surface area is 161 Å². The number of amides is 1. The Balaban J connectivity index is 1.34. The molecule has 3 rings (SSSR count). The van der Waals surface area contributed by atoms with Crippen LogP contribution in [0.3, 0.4) is 0 Å². The number of hydrogen-bond donors (Lipinski definition) is 3. The van der Waals surface area contributed by atoms with Gasteiger partial charge in [0.2, 0.25) is 0 Å². The van der Waals surface area contributed by atoms with Gasteiger partial charge in [-0.3, -0.25) is 4.79 Å². The molecule has 144 valence electrons. The quantitative estimate of drug-likeness (QED) is 0.579. The molecule has 0 radical (unpaired) electrons. The van der Waals surface area contributed by atoms with Crippen molar-refractivity contribution in [3.8, 4) is 5.75 Å². The van der Waals surface area contributed by atoms with E-state index < -0.39 is 0 Å². The van der Waals surface area contributed by atoms with Crippen LogP contribution in [0, 0.1) is 0 Å². The molecule has 1 aliphatic heterocycles. The van der Waals surface area contributed by atoms with Gasteiger partial charge in [-0.05, 0) is 18.1 Å². The molecule has 2 aromatic carbocycles. The van der Waals surface area contributed by atoms with E-state index in [0.29, 0.717) is 13.1 Å².